The molecule has 0 saturated heterocycles. The minimum Gasteiger partial charge on any atom is -0.388 e. The van der Waals surface area contributed by atoms with Crippen molar-refractivity contribution in [3.05, 3.63) is 11.1 Å². The summed E-state index contributed by atoms with van der Waals surface area (Å²) >= 11 is 1.56. The average Bonchev–Trinajstić information content (AvgIpc) is 2.64. The first kappa shape index (κ1) is 11.5. The summed E-state index contributed by atoms with van der Waals surface area (Å²) < 4.78 is 0. The van der Waals surface area contributed by atoms with Crippen molar-refractivity contribution < 1.29 is 5.11 Å². The second-order valence-electron chi connectivity index (χ2n) is 3.59. The Hall–Kier alpha value is -0.610. The van der Waals surface area contributed by atoms with Crippen LogP contribution in [0.2, 0.25) is 0 Å². The van der Waals surface area contributed by atoms with Gasteiger partial charge in [-0.2, -0.15) is 0 Å². The highest BCUT2D eigenvalue weighted by Crippen LogP contribution is 2.27. The second-order valence-corrected chi connectivity index (χ2v) is 4.63. The molecule has 0 spiro atoms. The van der Waals surface area contributed by atoms with Gasteiger partial charge < -0.3 is 10.0 Å². The van der Waals surface area contributed by atoms with E-state index in [2.05, 4.69) is 23.7 Å². The smallest absolute Gasteiger partial charge is 0.185 e. The van der Waals surface area contributed by atoms with E-state index in [4.69, 9.17) is 0 Å². The molecule has 0 fully saturated rings. The number of nitrogens with zero attached hydrogens (tertiary/aromatic N) is 2. The normalized spacial score (nSPS) is 15.2. The lowest BCUT2D eigenvalue weighted by Crippen LogP contribution is -2.27. The van der Waals surface area contributed by atoms with Gasteiger partial charge in [-0.1, -0.05) is 18.3 Å². The molecule has 80 valence electrons. The quantitative estimate of drug-likeness (QED) is 0.836. The highest BCUT2D eigenvalue weighted by molar-refractivity contribution is 7.15. The first-order chi connectivity index (χ1) is 6.56. The van der Waals surface area contributed by atoms with E-state index in [1.54, 1.807) is 24.5 Å². The Bertz CT molecular complexity index is 285. The molecule has 0 aliphatic heterocycles. The Balaban J connectivity index is 2.76. The fraction of sp³-hybridized carbons (Fsp3) is 0.700. The van der Waals surface area contributed by atoms with E-state index in [1.807, 2.05) is 7.05 Å². The Kier molecular flexibility index (Phi) is 3.89. The van der Waals surface area contributed by atoms with Gasteiger partial charge in [-0.25, -0.2) is 4.98 Å². The average molecular weight is 214 g/mol. The monoisotopic (exact) mass is 214 g/mol. The van der Waals surface area contributed by atoms with Gasteiger partial charge in [-0.3, -0.25) is 0 Å². The molecular formula is C10H18N2OS. The molecule has 1 rings (SSSR count). The maximum atomic E-state index is 9.37. The molecule has 0 radical (unpaired) electrons. The van der Waals surface area contributed by atoms with E-state index in [-0.39, 0.29) is 0 Å². The van der Waals surface area contributed by atoms with Gasteiger partial charge in [0.15, 0.2) is 5.13 Å². The first-order valence-corrected chi connectivity index (χ1v) is 5.74. The van der Waals surface area contributed by atoms with Crippen molar-refractivity contribution in [2.45, 2.75) is 39.3 Å². The second kappa shape index (κ2) is 4.75. The van der Waals surface area contributed by atoms with Crippen molar-refractivity contribution in [1.82, 2.24) is 4.98 Å². The van der Waals surface area contributed by atoms with Crippen LogP contribution < -0.4 is 4.90 Å². The van der Waals surface area contributed by atoms with E-state index in [1.165, 1.54) is 0 Å². The van der Waals surface area contributed by atoms with Crippen LogP contribution in [-0.2, 0) is 0 Å². The largest absolute Gasteiger partial charge is 0.388 e. The Morgan fingerprint density at radius 3 is 2.64 bits per heavy atom. The zero-order valence-corrected chi connectivity index (χ0v) is 10.0. The minimum absolute atomic E-state index is 0.411. The molecule has 2 unspecified atom stereocenters. The van der Waals surface area contributed by atoms with Crippen LogP contribution in [0.1, 0.15) is 38.2 Å². The van der Waals surface area contributed by atoms with Crippen LogP contribution in [0, 0.1) is 0 Å². The van der Waals surface area contributed by atoms with Gasteiger partial charge in [0.25, 0.3) is 0 Å². The third-order valence-electron chi connectivity index (χ3n) is 2.48. The molecule has 0 amide bonds. The molecule has 1 aromatic heterocycles. The standard InChI is InChI=1S/C10H18N2OS/c1-5-7(2)12(4)10-11-6-9(14-10)8(3)13/h6-8,13H,5H2,1-4H3. The minimum atomic E-state index is -0.411. The van der Waals surface area contributed by atoms with Gasteiger partial charge in [-0.05, 0) is 20.3 Å². The Labute approximate surface area is 89.4 Å². The molecule has 1 heterocycles. The van der Waals surface area contributed by atoms with Gasteiger partial charge in [0.05, 0.1) is 11.0 Å². The molecule has 0 bridgehead atoms. The summed E-state index contributed by atoms with van der Waals surface area (Å²) in [6, 6.07) is 0.489. The zero-order chi connectivity index (χ0) is 10.7. The molecule has 0 aliphatic rings. The molecule has 0 aliphatic carbocycles. The molecule has 0 aromatic carbocycles. The lowest BCUT2D eigenvalue weighted by atomic mass is 10.2. The van der Waals surface area contributed by atoms with E-state index < -0.39 is 6.10 Å². The third-order valence-corrected chi connectivity index (χ3v) is 3.74. The van der Waals surface area contributed by atoms with Gasteiger partial charge in [0.2, 0.25) is 0 Å². The van der Waals surface area contributed by atoms with Crippen molar-refractivity contribution in [2.75, 3.05) is 11.9 Å². The molecule has 2 atom stereocenters. The van der Waals surface area contributed by atoms with Crippen LogP contribution >= 0.6 is 11.3 Å². The lowest BCUT2D eigenvalue weighted by molar-refractivity contribution is 0.203. The third kappa shape index (κ3) is 2.45. The van der Waals surface area contributed by atoms with Crippen LogP contribution in [0.15, 0.2) is 6.20 Å². The fourth-order valence-corrected chi connectivity index (χ4v) is 2.01. The summed E-state index contributed by atoms with van der Waals surface area (Å²) in [5.74, 6) is 0. The molecule has 4 heteroatoms. The van der Waals surface area contributed by atoms with Crippen LogP contribution in [-0.4, -0.2) is 23.2 Å². The number of aliphatic hydroxyl groups is 1. The lowest BCUT2D eigenvalue weighted by Gasteiger charge is -2.22. The van der Waals surface area contributed by atoms with Crippen LogP contribution in [0.4, 0.5) is 5.13 Å². The van der Waals surface area contributed by atoms with Crippen LogP contribution in [0.5, 0.6) is 0 Å². The molecule has 0 saturated carbocycles. The maximum Gasteiger partial charge on any atom is 0.185 e. The summed E-state index contributed by atoms with van der Waals surface area (Å²) in [5, 5.41) is 10.3. The number of hydrogen-bond donors (Lipinski definition) is 1. The van der Waals surface area contributed by atoms with Gasteiger partial charge in [0, 0.05) is 19.3 Å². The number of anilines is 1. The summed E-state index contributed by atoms with van der Waals surface area (Å²) in [6.07, 6.45) is 2.44. The van der Waals surface area contributed by atoms with Crippen LogP contribution in [0.25, 0.3) is 0 Å². The topological polar surface area (TPSA) is 36.4 Å². The highest BCUT2D eigenvalue weighted by Gasteiger charge is 2.13. The molecule has 3 nitrogen and oxygen atoms in total. The number of thiazole rings is 1. The fourth-order valence-electron chi connectivity index (χ4n) is 1.10. The SMILES string of the molecule is CCC(C)N(C)c1ncc(C(C)O)s1. The highest BCUT2D eigenvalue weighted by atomic mass is 32.1. The molecule has 14 heavy (non-hydrogen) atoms. The number of aliphatic hydroxyl groups excluding tert-OH is 1. The van der Waals surface area contributed by atoms with E-state index in [0.29, 0.717) is 6.04 Å². The molecule has 1 aromatic rings. The summed E-state index contributed by atoms with van der Waals surface area (Å²) in [4.78, 5) is 7.37. The Morgan fingerprint density at radius 2 is 2.21 bits per heavy atom. The van der Waals surface area contributed by atoms with E-state index >= 15 is 0 Å². The van der Waals surface area contributed by atoms with Crippen LogP contribution in [0.3, 0.4) is 0 Å². The number of hydrogen-bond acceptors (Lipinski definition) is 4. The van der Waals surface area contributed by atoms with Crippen molar-refractivity contribution in [2.24, 2.45) is 0 Å². The first-order valence-electron chi connectivity index (χ1n) is 4.92. The molecular weight excluding hydrogens is 196 g/mol. The number of aromatic nitrogens is 1. The van der Waals surface area contributed by atoms with Crippen molar-refractivity contribution in [3.63, 3.8) is 0 Å². The van der Waals surface area contributed by atoms with E-state index in [0.717, 1.165) is 16.4 Å². The van der Waals surface area contributed by atoms with Gasteiger partial charge >= 0.3 is 0 Å². The summed E-state index contributed by atoms with van der Waals surface area (Å²) in [5.41, 5.74) is 0. The van der Waals surface area contributed by atoms with Gasteiger partial charge in [0.1, 0.15) is 0 Å². The van der Waals surface area contributed by atoms with Gasteiger partial charge in [-0.15, -0.1) is 0 Å². The van der Waals surface area contributed by atoms with E-state index in [9.17, 15) is 5.11 Å². The number of rotatable bonds is 4. The zero-order valence-electron chi connectivity index (χ0n) is 9.19. The summed E-state index contributed by atoms with van der Waals surface area (Å²) in [6.45, 7) is 6.09. The van der Waals surface area contributed by atoms with Crippen molar-refractivity contribution in [1.29, 1.82) is 0 Å². The Morgan fingerprint density at radius 1 is 1.57 bits per heavy atom. The maximum absolute atomic E-state index is 9.37. The predicted octanol–water partition coefficient (Wildman–Crippen LogP) is 2.43. The van der Waals surface area contributed by atoms with Crippen molar-refractivity contribution >= 4 is 16.5 Å². The summed E-state index contributed by atoms with van der Waals surface area (Å²) in [7, 11) is 2.04. The predicted molar refractivity (Wildman–Crippen MR) is 60.9 cm³/mol. The molecule has 1 N–H and O–H groups in total. The van der Waals surface area contributed by atoms with Crippen molar-refractivity contribution in [3.8, 4) is 0 Å².